The number of halogens is 1. The van der Waals surface area contributed by atoms with E-state index in [0.29, 0.717) is 18.5 Å². The highest BCUT2D eigenvalue weighted by Gasteiger charge is 2.10. The van der Waals surface area contributed by atoms with Crippen molar-refractivity contribution in [3.05, 3.63) is 65.5 Å². The van der Waals surface area contributed by atoms with Crippen molar-refractivity contribution in [2.24, 2.45) is 0 Å². The van der Waals surface area contributed by atoms with Gasteiger partial charge in [-0.25, -0.2) is 4.39 Å². The van der Waals surface area contributed by atoms with Crippen LogP contribution in [-0.2, 0) is 6.42 Å². The molecular formula is C18H22FNO. The smallest absolute Gasteiger partial charge is 0.123 e. The Bertz CT molecular complexity index is 568. The third kappa shape index (κ3) is 4.30. The number of rotatable bonds is 6. The van der Waals surface area contributed by atoms with Crippen LogP contribution in [-0.4, -0.2) is 18.7 Å². The van der Waals surface area contributed by atoms with Gasteiger partial charge in [0.1, 0.15) is 5.82 Å². The minimum Gasteiger partial charge on any atom is -0.388 e. The van der Waals surface area contributed by atoms with Crippen LogP contribution in [0.2, 0.25) is 0 Å². The van der Waals surface area contributed by atoms with Crippen molar-refractivity contribution in [2.75, 3.05) is 18.5 Å². The van der Waals surface area contributed by atoms with Gasteiger partial charge in [0.25, 0.3) is 0 Å². The van der Waals surface area contributed by atoms with Crippen LogP contribution in [0.5, 0.6) is 0 Å². The molecule has 0 aliphatic heterocycles. The highest BCUT2D eigenvalue weighted by Crippen LogP contribution is 2.20. The molecule has 2 aromatic rings. The summed E-state index contributed by atoms with van der Waals surface area (Å²) in [5, 5.41) is 10.1. The molecule has 2 nitrogen and oxygen atoms in total. The Balaban J connectivity index is 1.92. The molecule has 112 valence electrons. The number of hydrogen-bond donors (Lipinski definition) is 1. The van der Waals surface area contributed by atoms with E-state index in [9.17, 15) is 9.50 Å². The molecule has 1 atom stereocenters. The molecule has 0 aliphatic rings. The van der Waals surface area contributed by atoms with E-state index in [-0.39, 0.29) is 5.82 Å². The number of aliphatic hydroxyl groups excluding tert-OH is 1. The van der Waals surface area contributed by atoms with Crippen LogP contribution in [0.25, 0.3) is 0 Å². The molecule has 2 rings (SSSR count). The second-order valence-electron chi connectivity index (χ2n) is 5.30. The van der Waals surface area contributed by atoms with Crippen LogP contribution in [0, 0.1) is 5.82 Å². The lowest BCUT2D eigenvalue weighted by Gasteiger charge is -2.21. The zero-order valence-electron chi connectivity index (χ0n) is 12.6. The maximum Gasteiger partial charge on any atom is 0.123 e. The highest BCUT2D eigenvalue weighted by molar-refractivity contribution is 5.46. The predicted molar refractivity (Wildman–Crippen MR) is 85.1 cm³/mol. The zero-order valence-corrected chi connectivity index (χ0v) is 12.6. The minimum absolute atomic E-state index is 0.310. The van der Waals surface area contributed by atoms with Crippen LogP contribution in [0.15, 0.2) is 48.5 Å². The van der Waals surface area contributed by atoms with Crippen LogP contribution >= 0.6 is 0 Å². The maximum atomic E-state index is 13.1. The van der Waals surface area contributed by atoms with Gasteiger partial charge in [0.2, 0.25) is 0 Å². The molecule has 0 saturated heterocycles. The Morgan fingerprint density at radius 2 is 1.86 bits per heavy atom. The van der Waals surface area contributed by atoms with Crippen LogP contribution in [0.1, 0.15) is 30.6 Å². The average Bonchev–Trinajstić information content (AvgIpc) is 2.52. The normalized spacial score (nSPS) is 12.2. The lowest BCUT2D eigenvalue weighted by atomic mass is 10.1. The second-order valence-corrected chi connectivity index (χ2v) is 5.30. The Morgan fingerprint density at radius 3 is 2.48 bits per heavy atom. The monoisotopic (exact) mass is 287 g/mol. The van der Waals surface area contributed by atoms with E-state index in [2.05, 4.69) is 36.1 Å². The SMILES string of the molecule is CCc1ccc(N(C)CCC(O)c2cccc(F)c2)cc1. The lowest BCUT2D eigenvalue weighted by Crippen LogP contribution is -2.20. The van der Waals surface area contributed by atoms with Gasteiger partial charge in [-0.3, -0.25) is 0 Å². The van der Waals surface area contributed by atoms with Crippen LogP contribution < -0.4 is 4.90 Å². The van der Waals surface area contributed by atoms with E-state index in [4.69, 9.17) is 0 Å². The van der Waals surface area contributed by atoms with E-state index < -0.39 is 6.10 Å². The summed E-state index contributed by atoms with van der Waals surface area (Å²) < 4.78 is 13.1. The first kappa shape index (κ1) is 15.5. The second kappa shape index (κ2) is 7.23. The Morgan fingerprint density at radius 1 is 1.14 bits per heavy atom. The van der Waals surface area contributed by atoms with Crippen molar-refractivity contribution in [1.82, 2.24) is 0 Å². The van der Waals surface area contributed by atoms with Gasteiger partial charge in [-0.15, -0.1) is 0 Å². The highest BCUT2D eigenvalue weighted by atomic mass is 19.1. The third-order valence-corrected chi connectivity index (χ3v) is 3.76. The summed E-state index contributed by atoms with van der Waals surface area (Å²) in [7, 11) is 2.00. The predicted octanol–water partition coefficient (Wildman–Crippen LogP) is 3.95. The molecule has 3 heteroatoms. The van der Waals surface area contributed by atoms with E-state index in [1.54, 1.807) is 12.1 Å². The summed E-state index contributed by atoms with van der Waals surface area (Å²) >= 11 is 0. The summed E-state index contributed by atoms with van der Waals surface area (Å²) in [5.41, 5.74) is 3.07. The van der Waals surface area contributed by atoms with Gasteiger partial charge >= 0.3 is 0 Å². The Labute approximate surface area is 125 Å². The molecule has 0 radical (unpaired) electrons. The average molecular weight is 287 g/mol. The molecule has 1 unspecified atom stereocenters. The van der Waals surface area contributed by atoms with Crippen molar-refractivity contribution < 1.29 is 9.50 Å². The first-order valence-electron chi connectivity index (χ1n) is 7.33. The number of aliphatic hydroxyl groups is 1. The molecule has 0 fully saturated rings. The summed E-state index contributed by atoms with van der Waals surface area (Å²) in [6.45, 7) is 2.84. The summed E-state index contributed by atoms with van der Waals surface area (Å²) in [5.74, 6) is -0.310. The molecule has 0 spiro atoms. The number of nitrogens with zero attached hydrogens (tertiary/aromatic N) is 1. The first-order valence-corrected chi connectivity index (χ1v) is 7.33. The topological polar surface area (TPSA) is 23.5 Å². The fraction of sp³-hybridized carbons (Fsp3) is 0.333. The van der Waals surface area contributed by atoms with Crippen molar-refractivity contribution in [2.45, 2.75) is 25.9 Å². The first-order chi connectivity index (χ1) is 10.1. The quantitative estimate of drug-likeness (QED) is 0.869. The van der Waals surface area contributed by atoms with E-state index >= 15 is 0 Å². The molecule has 0 saturated carbocycles. The lowest BCUT2D eigenvalue weighted by molar-refractivity contribution is 0.169. The van der Waals surface area contributed by atoms with Gasteiger partial charge in [0.05, 0.1) is 6.10 Å². The molecule has 0 aromatic heterocycles. The minimum atomic E-state index is -0.641. The molecule has 0 heterocycles. The number of benzene rings is 2. The van der Waals surface area contributed by atoms with Crippen LogP contribution in [0.4, 0.5) is 10.1 Å². The Kier molecular flexibility index (Phi) is 5.34. The van der Waals surface area contributed by atoms with Crippen molar-refractivity contribution >= 4 is 5.69 Å². The van der Waals surface area contributed by atoms with Gasteiger partial charge in [-0.2, -0.15) is 0 Å². The van der Waals surface area contributed by atoms with Gasteiger partial charge in [0.15, 0.2) is 0 Å². The molecular weight excluding hydrogens is 265 g/mol. The molecule has 0 amide bonds. The van der Waals surface area contributed by atoms with Crippen molar-refractivity contribution in [3.63, 3.8) is 0 Å². The van der Waals surface area contributed by atoms with Gasteiger partial charge in [-0.1, -0.05) is 31.2 Å². The molecule has 0 aliphatic carbocycles. The summed E-state index contributed by atoms with van der Waals surface area (Å²) in [4.78, 5) is 2.10. The summed E-state index contributed by atoms with van der Waals surface area (Å²) in [6, 6.07) is 14.6. The van der Waals surface area contributed by atoms with E-state index in [1.165, 1.54) is 17.7 Å². The summed E-state index contributed by atoms with van der Waals surface area (Å²) in [6.07, 6.45) is 0.954. The molecule has 21 heavy (non-hydrogen) atoms. The molecule has 1 N–H and O–H groups in total. The molecule has 2 aromatic carbocycles. The van der Waals surface area contributed by atoms with Crippen molar-refractivity contribution in [3.8, 4) is 0 Å². The van der Waals surface area contributed by atoms with Gasteiger partial charge in [0, 0.05) is 19.3 Å². The van der Waals surface area contributed by atoms with E-state index in [1.807, 2.05) is 7.05 Å². The number of hydrogen-bond acceptors (Lipinski definition) is 2. The third-order valence-electron chi connectivity index (χ3n) is 3.76. The number of anilines is 1. The standard InChI is InChI=1S/C18H22FNO/c1-3-14-7-9-17(10-8-14)20(2)12-11-18(21)15-5-4-6-16(19)13-15/h4-10,13,18,21H,3,11-12H2,1-2H3. The zero-order chi connectivity index (χ0) is 15.2. The number of aryl methyl sites for hydroxylation is 1. The van der Waals surface area contributed by atoms with Gasteiger partial charge < -0.3 is 10.0 Å². The Hall–Kier alpha value is -1.87. The van der Waals surface area contributed by atoms with Crippen LogP contribution in [0.3, 0.4) is 0 Å². The van der Waals surface area contributed by atoms with E-state index in [0.717, 1.165) is 12.1 Å². The molecule has 0 bridgehead atoms. The maximum absolute atomic E-state index is 13.1. The fourth-order valence-electron chi connectivity index (χ4n) is 2.31. The largest absolute Gasteiger partial charge is 0.388 e. The fourth-order valence-corrected chi connectivity index (χ4v) is 2.31. The van der Waals surface area contributed by atoms with Gasteiger partial charge in [-0.05, 0) is 48.2 Å². The van der Waals surface area contributed by atoms with Crippen molar-refractivity contribution in [1.29, 1.82) is 0 Å².